The number of hydrogen-bond donors (Lipinski definition) is 0. The summed E-state index contributed by atoms with van der Waals surface area (Å²) >= 11 is 9.33. The lowest BCUT2D eigenvalue weighted by Gasteiger charge is -2.35. The highest BCUT2D eigenvalue weighted by molar-refractivity contribution is 9.09. The molecule has 0 spiro atoms. The van der Waals surface area contributed by atoms with Crippen LogP contribution in [0.4, 0.5) is 5.69 Å². The summed E-state index contributed by atoms with van der Waals surface area (Å²) in [5, 5.41) is 1.56. The van der Waals surface area contributed by atoms with Gasteiger partial charge >= 0.3 is 0 Å². The Hall–Kier alpha value is -0.110. The second-order valence-corrected chi connectivity index (χ2v) is 5.23. The number of piperazine rings is 1. The van der Waals surface area contributed by atoms with Gasteiger partial charge in [0.2, 0.25) is 0 Å². The van der Waals surface area contributed by atoms with Crippen LogP contribution in [0, 0.1) is 11.8 Å². The van der Waals surface area contributed by atoms with Crippen LogP contribution in [0.2, 0.25) is 5.02 Å². The van der Waals surface area contributed by atoms with E-state index in [2.05, 4.69) is 43.6 Å². The van der Waals surface area contributed by atoms with Crippen LogP contribution in [0.5, 0.6) is 0 Å². The van der Waals surface area contributed by atoms with Crippen LogP contribution in [0.3, 0.4) is 0 Å². The molecule has 2 rings (SSSR count). The van der Waals surface area contributed by atoms with Crippen LogP contribution in [-0.2, 0) is 0 Å². The molecular weight excluding hydrogens is 382 g/mol. The molecule has 0 N–H and O–H groups in total. The molecule has 0 aliphatic carbocycles. The molecule has 1 fully saturated rings. The summed E-state index contributed by atoms with van der Waals surface area (Å²) in [7, 11) is 0. The third-order valence-corrected chi connectivity index (χ3v) is 3.56. The van der Waals surface area contributed by atoms with Gasteiger partial charge in [-0.25, -0.2) is 0 Å². The highest BCUT2D eigenvalue weighted by Crippen LogP contribution is 2.20. The summed E-state index contributed by atoms with van der Waals surface area (Å²) in [5.41, 5.74) is 1.22. The van der Waals surface area contributed by atoms with Crippen LogP contribution >= 0.6 is 52.3 Å². The van der Waals surface area contributed by atoms with Gasteiger partial charge in [-0.05, 0) is 18.2 Å². The van der Waals surface area contributed by atoms with Gasteiger partial charge in [-0.15, -0.1) is 24.8 Å². The zero-order valence-electron chi connectivity index (χ0n) is 11.0. The number of hydrogen-bond acceptors (Lipinski definition) is 2. The van der Waals surface area contributed by atoms with Crippen LogP contribution in [-0.4, -0.2) is 43.0 Å². The van der Waals surface area contributed by atoms with Gasteiger partial charge in [0.1, 0.15) is 0 Å². The van der Waals surface area contributed by atoms with E-state index in [-0.39, 0.29) is 24.8 Å². The first-order chi connectivity index (χ1) is 8.79. The van der Waals surface area contributed by atoms with Crippen molar-refractivity contribution in [2.24, 2.45) is 0 Å². The normalized spacial score (nSPS) is 14.6. The lowest BCUT2D eigenvalue weighted by atomic mass is 10.2. The van der Waals surface area contributed by atoms with E-state index in [1.165, 1.54) is 5.69 Å². The first-order valence-corrected chi connectivity index (χ1v) is 7.54. The number of benzene rings is 1. The number of halogens is 4. The summed E-state index contributed by atoms with van der Waals surface area (Å²) in [6.07, 6.45) is 0. The van der Waals surface area contributed by atoms with E-state index in [9.17, 15) is 0 Å². The summed E-state index contributed by atoms with van der Waals surface area (Å²) < 4.78 is 0. The van der Waals surface area contributed by atoms with E-state index in [1.54, 1.807) is 0 Å². The van der Waals surface area contributed by atoms with Crippen LogP contribution in [0.15, 0.2) is 24.3 Å². The van der Waals surface area contributed by atoms with Crippen molar-refractivity contribution in [2.75, 3.05) is 43.0 Å². The molecule has 0 radical (unpaired) electrons. The molecule has 6 heteroatoms. The van der Waals surface area contributed by atoms with E-state index >= 15 is 0 Å². The molecule has 20 heavy (non-hydrogen) atoms. The van der Waals surface area contributed by atoms with Crippen molar-refractivity contribution in [3.63, 3.8) is 0 Å². The molecule has 0 saturated carbocycles. The minimum absolute atomic E-state index is 0. The van der Waals surface area contributed by atoms with Crippen molar-refractivity contribution in [2.45, 2.75) is 0 Å². The minimum Gasteiger partial charge on any atom is -0.369 e. The summed E-state index contributed by atoms with van der Waals surface area (Å²) in [4.78, 5) is 4.76. The largest absolute Gasteiger partial charge is 0.369 e. The maximum Gasteiger partial charge on any atom is 0.0645 e. The van der Waals surface area contributed by atoms with Gasteiger partial charge in [0.25, 0.3) is 0 Å². The smallest absolute Gasteiger partial charge is 0.0645 e. The predicted molar refractivity (Wildman–Crippen MR) is 96.2 cm³/mol. The van der Waals surface area contributed by atoms with Gasteiger partial charge in [0, 0.05) is 36.9 Å². The Bertz CT molecular complexity index is 451. The van der Waals surface area contributed by atoms with E-state index in [0.29, 0.717) is 0 Å². The number of anilines is 1. The zero-order chi connectivity index (χ0) is 12.8. The Labute approximate surface area is 146 Å². The molecule has 0 unspecified atom stereocenters. The fraction of sp³-hybridized carbons (Fsp3) is 0.429. The molecule has 2 nitrogen and oxygen atoms in total. The van der Waals surface area contributed by atoms with Gasteiger partial charge in [-0.2, -0.15) is 0 Å². The zero-order valence-corrected chi connectivity index (χ0v) is 15.0. The second kappa shape index (κ2) is 10.6. The summed E-state index contributed by atoms with van der Waals surface area (Å²) in [5.74, 6) is 6.20. The van der Waals surface area contributed by atoms with Crippen molar-refractivity contribution in [3.8, 4) is 11.8 Å². The highest BCUT2D eigenvalue weighted by atomic mass is 79.9. The fourth-order valence-electron chi connectivity index (χ4n) is 2.05. The lowest BCUT2D eigenvalue weighted by Crippen LogP contribution is -2.46. The number of alkyl halides is 1. The number of nitrogens with zero attached hydrogens (tertiary/aromatic N) is 2. The second-order valence-electron chi connectivity index (χ2n) is 4.23. The van der Waals surface area contributed by atoms with E-state index in [1.807, 2.05) is 18.2 Å². The maximum absolute atomic E-state index is 6.02. The molecule has 1 aliphatic heterocycles. The van der Waals surface area contributed by atoms with Crippen molar-refractivity contribution < 1.29 is 0 Å². The average Bonchev–Trinajstić information content (AvgIpc) is 2.40. The van der Waals surface area contributed by atoms with E-state index < -0.39 is 0 Å². The predicted octanol–water partition coefficient (Wildman–Crippen LogP) is 3.70. The Morgan fingerprint density at radius 1 is 1.10 bits per heavy atom. The van der Waals surface area contributed by atoms with Gasteiger partial charge in [0.15, 0.2) is 0 Å². The fourth-order valence-corrected chi connectivity index (χ4v) is 2.43. The third kappa shape index (κ3) is 6.11. The molecule has 1 heterocycles. The molecule has 1 aromatic carbocycles. The van der Waals surface area contributed by atoms with Gasteiger partial charge in [-0.3, -0.25) is 4.90 Å². The van der Waals surface area contributed by atoms with Gasteiger partial charge in [0.05, 0.1) is 11.9 Å². The van der Waals surface area contributed by atoms with E-state index in [4.69, 9.17) is 11.6 Å². The molecule has 1 saturated heterocycles. The molecule has 0 amide bonds. The van der Waals surface area contributed by atoms with Crippen LogP contribution < -0.4 is 4.90 Å². The first-order valence-electron chi connectivity index (χ1n) is 6.04. The Morgan fingerprint density at radius 3 is 2.40 bits per heavy atom. The summed E-state index contributed by atoms with van der Waals surface area (Å²) in [6.45, 7) is 5.06. The molecule has 0 aromatic heterocycles. The SMILES string of the molecule is Cl.Cl.Clc1cccc(N2CCN(CC#CCBr)CC2)c1. The van der Waals surface area contributed by atoms with E-state index in [0.717, 1.165) is 43.1 Å². The standard InChI is InChI=1S/C14H16BrClN2.2ClH/c15-6-1-2-7-17-8-10-18(11-9-17)14-5-3-4-13(16)12-14;;/h3-5,12H,6-11H2;2*1H. The topological polar surface area (TPSA) is 6.48 Å². The third-order valence-electron chi connectivity index (χ3n) is 3.04. The van der Waals surface area contributed by atoms with Crippen molar-refractivity contribution in [3.05, 3.63) is 29.3 Å². The maximum atomic E-state index is 6.02. The molecule has 1 aromatic rings. The van der Waals surface area contributed by atoms with Crippen molar-refractivity contribution >= 4 is 58.0 Å². The minimum atomic E-state index is 0. The number of rotatable bonds is 2. The summed E-state index contributed by atoms with van der Waals surface area (Å²) in [6, 6.07) is 8.07. The lowest BCUT2D eigenvalue weighted by molar-refractivity contribution is 0.288. The van der Waals surface area contributed by atoms with Gasteiger partial charge < -0.3 is 4.90 Å². The Kier molecular flexibility index (Phi) is 10.5. The molecular formula is C14H18BrCl3N2. The van der Waals surface area contributed by atoms with Gasteiger partial charge in [-0.1, -0.05) is 45.4 Å². The monoisotopic (exact) mass is 398 g/mol. The highest BCUT2D eigenvalue weighted by Gasteiger charge is 2.16. The van der Waals surface area contributed by atoms with Crippen LogP contribution in [0.1, 0.15) is 0 Å². The first kappa shape index (κ1) is 19.9. The molecule has 112 valence electrons. The van der Waals surface area contributed by atoms with Crippen molar-refractivity contribution in [1.29, 1.82) is 0 Å². The molecule has 0 atom stereocenters. The average molecular weight is 401 g/mol. The molecule has 0 bridgehead atoms. The van der Waals surface area contributed by atoms with Crippen LogP contribution in [0.25, 0.3) is 0 Å². The quantitative estimate of drug-likeness (QED) is 0.552. The van der Waals surface area contributed by atoms with Crippen molar-refractivity contribution in [1.82, 2.24) is 4.90 Å². The Morgan fingerprint density at radius 2 is 1.80 bits per heavy atom. The molecule has 1 aliphatic rings. The Balaban J connectivity index is 0.00000180.